The minimum absolute atomic E-state index is 0.438. The molecule has 1 aromatic heterocycles. The largest absolute Gasteiger partial charge is 0.399 e. The van der Waals surface area contributed by atoms with Gasteiger partial charge in [0.15, 0.2) is 0 Å². The van der Waals surface area contributed by atoms with E-state index in [1.54, 1.807) is 18.3 Å². The van der Waals surface area contributed by atoms with Gasteiger partial charge in [0.25, 0.3) is 5.91 Å². The highest BCUT2D eigenvalue weighted by Crippen LogP contribution is 2.22. The fourth-order valence-electron chi connectivity index (χ4n) is 2.03. The van der Waals surface area contributed by atoms with Crippen LogP contribution in [0.2, 0.25) is 0 Å². The summed E-state index contributed by atoms with van der Waals surface area (Å²) in [5.41, 5.74) is 13.8. The zero-order valence-corrected chi connectivity index (χ0v) is 11.4. The van der Waals surface area contributed by atoms with Crippen molar-refractivity contribution in [2.75, 3.05) is 24.2 Å². The van der Waals surface area contributed by atoms with Gasteiger partial charge >= 0.3 is 0 Å². The lowest BCUT2D eigenvalue weighted by atomic mass is 10.1. The van der Waals surface area contributed by atoms with Gasteiger partial charge in [-0.05, 0) is 30.3 Å². The summed E-state index contributed by atoms with van der Waals surface area (Å²) in [6, 6.07) is 11.0. The summed E-state index contributed by atoms with van der Waals surface area (Å²) in [7, 11) is 1.92. The Morgan fingerprint density at radius 3 is 2.75 bits per heavy atom. The Bertz CT molecular complexity index is 598. The number of anilines is 2. The standard InChI is InChI=1S/C15H18N4O/c1-19(9-7-12-4-2-3-8-18-12)14-6-5-11(16)10-13(14)15(17)20/h2-6,8,10H,7,9,16H2,1H3,(H2,17,20). The molecule has 0 saturated carbocycles. The molecule has 2 aromatic rings. The van der Waals surface area contributed by atoms with Gasteiger partial charge in [-0.15, -0.1) is 0 Å². The molecule has 0 saturated heterocycles. The van der Waals surface area contributed by atoms with Gasteiger partial charge in [0, 0.05) is 43.3 Å². The lowest BCUT2D eigenvalue weighted by Gasteiger charge is -2.21. The minimum atomic E-state index is -0.475. The monoisotopic (exact) mass is 270 g/mol. The number of benzene rings is 1. The van der Waals surface area contributed by atoms with E-state index in [1.807, 2.05) is 36.2 Å². The molecule has 0 aliphatic rings. The number of rotatable bonds is 5. The number of pyridine rings is 1. The highest BCUT2D eigenvalue weighted by Gasteiger charge is 2.12. The Kier molecular flexibility index (Phi) is 4.20. The fraction of sp³-hybridized carbons (Fsp3) is 0.200. The first kappa shape index (κ1) is 13.9. The van der Waals surface area contributed by atoms with Gasteiger partial charge in [-0.25, -0.2) is 0 Å². The first-order valence-electron chi connectivity index (χ1n) is 6.38. The van der Waals surface area contributed by atoms with Crippen LogP contribution >= 0.6 is 0 Å². The van der Waals surface area contributed by atoms with Crippen molar-refractivity contribution < 1.29 is 4.79 Å². The summed E-state index contributed by atoms with van der Waals surface area (Å²) in [5, 5.41) is 0. The number of hydrogen-bond acceptors (Lipinski definition) is 4. The number of hydrogen-bond donors (Lipinski definition) is 2. The third-order valence-electron chi connectivity index (χ3n) is 3.13. The Hall–Kier alpha value is -2.56. The van der Waals surface area contributed by atoms with Gasteiger partial charge in [0.05, 0.1) is 5.56 Å². The molecule has 4 N–H and O–H groups in total. The molecule has 5 heteroatoms. The van der Waals surface area contributed by atoms with E-state index in [-0.39, 0.29) is 0 Å². The van der Waals surface area contributed by atoms with Crippen molar-refractivity contribution in [3.63, 3.8) is 0 Å². The lowest BCUT2D eigenvalue weighted by Crippen LogP contribution is -2.24. The fourth-order valence-corrected chi connectivity index (χ4v) is 2.03. The smallest absolute Gasteiger partial charge is 0.250 e. The number of carbonyl (C=O) groups excluding carboxylic acids is 1. The van der Waals surface area contributed by atoms with Crippen molar-refractivity contribution >= 4 is 17.3 Å². The molecule has 0 radical (unpaired) electrons. The van der Waals surface area contributed by atoms with Crippen molar-refractivity contribution in [2.45, 2.75) is 6.42 Å². The Balaban J connectivity index is 2.13. The van der Waals surface area contributed by atoms with Crippen LogP contribution in [-0.4, -0.2) is 24.5 Å². The van der Waals surface area contributed by atoms with Gasteiger partial charge in [-0.2, -0.15) is 0 Å². The maximum atomic E-state index is 11.5. The first-order chi connectivity index (χ1) is 9.58. The summed E-state index contributed by atoms with van der Waals surface area (Å²) in [4.78, 5) is 17.7. The zero-order valence-electron chi connectivity index (χ0n) is 11.4. The second-order valence-corrected chi connectivity index (χ2v) is 4.63. The van der Waals surface area contributed by atoms with Crippen LogP contribution in [0.4, 0.5) is 11.4 Å². The number of amides is 1. The topological polar surface area (TPSA) is 85.2 Å². The lowest BCUT2D eigenvalue weighted by molar-refractivity contribution is 0.100. The number of carbonyl (C=O) groups is 1. The average molecular weight is 270 g/mol. The van der Waals surface area contributed by atoms with Crippen LogP contribution in [0.3, 0.4) is 0 Å². The van der Waals surface area contributed by atoms with Crippen LogP contribution in [0.1, 0.15) is 16.1 Å². The summed E-state index contributed by atoms with van der Waals surface area (Å²) in [6.07, 6.45) is 2.56. The first-order valence-corrected chi connectivity index (χ1v) is 6.38. The van der Waals surface area contributed by atoms with Crippen LogP contribution in [-0.2, 0) is 6.42 Å². The molecule has 0 spiro atoms. The van der Waals surface area contributed by atoms with E-state index in [2.05, 4.69) is 4.98 Å². The second kappa shape index (κ2) is 6.06. The van der Waals surface area contributed by atoms with Crippen molar-refractivity contribution in [2.24, 2.45) is 5.73 Å². The van der Waals surface area contributed by atoms with Gasteiger partial charge in [-0.1, -0.05) is 6.07 Å². The average Bonchev–Trinajstić information content (AvgIpc) is 2.45. The highest BCUT2D eigenvalue weighted by molar-refractivity contribution is 5.99. The van der Waals surface area contributed by atoms with Crippen LogP contribution in [0.5, 0.6) is 0 Å². The molecule has 1 heterocycles. The molecule has 0 aliphatic heterocycles. The molecule has 20 heavy (non-hydrogen) atoms. The van der Waals surface area contributed by atoms with E-state index < -0.39 is 5.91 Å². The Morgan fingerprint density at radius 2 is 2.10 bits per heavy atom. The van der Waals surface area contributed by atoms with Crippen LogP contribution in [0.25, 0.3) is 0 Å². The van der Waals surface area contributed by atoms with E-state index in [0.717, 1.165) is 24.3 Å². The number of aromatic nitrogens is 1. The normalized spacial score (nSPS) is 10.2. The molecule has 2 rings (SSSR count). The molecule has 0 bridgehead atoms. The number of nitrogens with zero attached hydrogens (tertiary/aromatic N) is 2. The van der Waals surface area contributed by atoms with Gasteiger partial charge in [0.2, 0.25) is 0 Å². The van der Waals surface area contributed by atoms with E-state index >= 15 is 0 Å². The van der Waals surface area contributed by atoms with Crippen molar-refractivity contribution in [3.05, 3.63) is 53.9 Å². The van der Waals surface area contributed by atoms with E-state index in [9.17, 15) is 4.79 Å². The number of nitrogens with two attached hydrogens (primary N) is 2. The molecule has 104 valence electrons. The zero-order chi connectivity index (χ0) is 14.5. The van der Waals surface area contributed by atoms with E-state index in [4.69, 9.17) is 11.5 Å². The molecule has 1 aromatic carbocycles. The third-order valence-corrected chi connectivity index (χ3v) is 3.13. The highest BCUT2D eigenvalue weighted by atomic mass is 16.1. The van der Waals surface area contributed by atoms with Crippen molar-refractivity contribution in [1.82, 2.24) is 4.98 Å². The molecule has 0 aliphatic carbocycles. The molecular formula is C15H18N4O. The Morgan fingerprint density at radius 1 is 1.30 bits per heavy atom. The predicted octanol–water partition coefficient (Wildman–Crippen LogP) is 1.44. The van der Waals surface area contributed by atoms with Crippen LogP contribution < -0.4 is 16.4 Å². The molecule has 0 atom stereocenters. The minimum Gasteiger partial charge on any atom is -0.399 e. The van der Waals surface area contributed by atoms with Crippen molar-refractivity contribution in [3.8, 4) is 0 Å². The molecule has 1 amide bonds. The number of primary amides is 1. The van der Waals surface area contributed by atoms with E-state index in [0.29, 0.717) is 11.3 Å². The molecule has 0 fully saturated rings. The summed E-state index contributed by atoms with van der Waals surface area (Å²) >= 11 is 0. The van der Waals surface area contributed by atoms with Crippen LogP contribution in [0, 0.1) is 0 Å². The van der Waals surface area contributed by atoms with Gasteiger partial charge in [-0.3, -0.25) is 9.78 Å². The summed E-state index contributed by atoms with van der Waals surface area (Å²) in [5.74, 6) is -0.475. The number of nitrogen functional groups attached to an aromatic ring is 1. The van der Waals surface area contributed by atoms with Gasteiger partial charge < -0.3 is 16.4 Å². The van der Waals surface area contributed by atoms with E-state index in [1.165, 1.54) is 0 Å². The Labute approximate surface area is 118 Å². The maximum Gasteiger partial charge on any atom is 0.250 e. The molecule has 0 unspecified atom stereocenters. The maximum absolute atomic E-state index is 11.5. The number of likely N-dealkylation sites (N-methyl/N-ethyl adjacent to an activating group) is 1. The molecular weight excluding hydrogens is 252 g/mol. The predicted molar refractivity (Wildman–Crippen MR) is 80.6 cm³/mol. The van der Waals surface area contributed by atoms with Gasteiger partial charge in [0.1, 0.15) is 0 Å². The van der Waals surface area contributed by atoms with Crippen LogP contribution in [0.15, 0.2) is 42.6 Å². The van der Waals surface area contributed by atoms with Crippen molar-refractivity contribution in [1.29, 1.82) is 0 Å². The third kappa shape index (κ3) is 3.26. The summed E-state index contributed by atoms with van der Waals surface area (Å²) < 4.78 is 0. The quantitative estimate of drug-likeness (QED) is 0.805. The molecule has 5 nitrogen and oxygen atoms in total. The SMILES string of the molecule is CN(CCc1ccccn1)c1ccc(N)cc1C(N)=O. The summed E-state index contributed by atoms with van der Waals surface area (Å²) in [6.45, 7) is 0.737. The second-order valence-electron chi connectivity index (χ2n) is 4.63.